The van der Waals surface area contributed by atoms with Gasteiger partial charge in [-0.15, -0.1) is 5.10 Å². The van der Waals surface area contributed by atoms with Crippen molar-refractivity contribution in [2.24, 2.45) is 5.92 Å². The number of amides is 1. The van der Waals surface area contributed by atoms with Crippen LogP contribution in [0.25, 0.3) is 11.3 Å². The smallest absolute Gasteiger partial charge is 0.265 e. The molecule has 1 N–H and O–H groups in total. The second kappa shape index (κ2) is 6.81. The van der Waals surface area contributed by atoms with Crippen molar-refractivity contribution in [3.8, 4) is 11.3 Å². The summed E-state index contributed by atoms with van der Waals surface area (Å²) in [6.45, 7) is 4.91. The SMILES string of the molecule is CC(C)CCNC(=O)c1snnc1-c1ccc(Cl)cc1. The first kappa shape index (κ1) is 14.9. The van der Waals surface area contributed by atoms with E-state index in [9.17, 15) is 4.79 Å². The van der Waals surface area contributed by atoms with Crippen molar-refractivity contribution in [1.29, 1.82) is 0 Å². The van der Waals surface area contributed by atoms with Crippen LogP contribution in [0.5, 0.6) is 0 Å². The van der Waals surface area contributed by atoms with Crippen LogP contribution in [-0.2, 0) is 0 Å². The molecule has 0 unspecified atom stereocenters. The molecule has 1 heterocycles. The monoisotopic (exact) mass is 309 g/mol. The standard InChI is InChI=1S/C14H16ClN3OS/c1-9(2)7-8-16-14(19)13-12(17-18-20-13)10-3-5-11(15)6-4-10/h3-6,9H,7-8H2,1-2H3,(H,16,19). The molecule has 2 rings (SSSR count). The van der Waals surface area contributed by atoms with Gasteiger partial charge in [0.1, 0.15) is 10.6 Å². The van der Waals surface area contributed by atoms with Crippen molar-refractivity contribution >= 4 is 29.0 Å². The third kappa shape index (κ3) is 3.77. The van der Waals surface area contributed by atoms with E-state index in [-0.39, 0.29) is 5.91 Å². The number of hydrogen-bond acceptors (Lipinski definition) is 4. The van der Waals surface area contributed by atoms with Gasteiger partial charge in [-0.3, -0.25) is 4.79 Å². The summed E-state index contributed by atoms with van der Waals surface area (Å²) in [5.41, 5.74) is 1.45. The van der Waals surface area contributed by atoms with Crippen molar-refractivity contribution in [1.82, 2.24) is 14.9 Å². The van der Waals surface area contributed by atoms with E-state index in [0.717, 1.165) is 23.5 Å². The zero-order chi connectivity index (χ0) is 14.5. The highest BCUT2D eigenvalue weighted by molar-refractivity contribution is 7.08. The number of halogens is 1. The second-order valence-electron chi connectivity index (χ2n) is 4.90. The van der Waals surface area contributed by atoms with Crippen molar-refractivity contribution in [3.05, 3.63) is 34.2 Å². The number of aromatic nitrogens is 2. The molecule has 0 saturated heterocycles. The van der Waals surface area contributed by atoms with Crippen LogP contribution < -0.4 is 5.32 Å². The van der Waals surface area contributed by atoms with E-state index in [4.69, 9.17) is 11.6 Å². The van der Waals surface area contributed by atoms with Gasteiger partial charge in [0, 0.05) is 17.1 Å². The summed E-state index contributed by atoms with van der Waals surface area (Å²) < 4.78 is 3.88. The molecule has 4 nitrogen and oxygen atoms in total. The van der Waals surface area contributed by atoms with Crippen molar-refractivity contribution < 1.29 is 4.79 Å². The van der Waals surface area contributed by atoms with Gasteiger partial charge in [-0.1, -0.05) is 42.1 Å². The molecule has 0 bridgehead atoms. The third-order valence-corrected chi connectivity index (χ3v) is 3.80. The Kier molecular flexibility index (Phi) is 5.09. The average Bonchev–Trinajstić information content (AvgIpc) is 2.88. The van der Waals surface area contributed by atoms with Crippen LogP contribution in [0.15, 0.2) is 24.3 Å². The highest BCUT2D eigenvalue weighted by Gasteiger charge is 2.17. The summed E-state index contributed by atoms with van der Waals surface area (Å²) >= 11 is 6.97. The van der Waals surface area contributed by atoms with E-state index in [1.54, 1.807) is 12.1 Å². The lowest BCUT2D eigenvalue weighted by Gasteiger charge is -2.06. The summed E-state index contributed by atoms with van der Waals surface area (Å²) in [6.07, 6.45) is 0.953. The van der Waals surface area contributed by atoms with Crippen LogP contribution >= 0.6 is 23.1 Å². The molecular formula is C14H16ClN3OS. The Hall–Kier alpha value is -1.46. The van der Waals surface area contributed by atoms with Gasteiger partial charge in [0.15, 0.2) is 0 Å². The first-order valence-electron chi connectivity index (χ1n) is 6.44. The normalized spacial score (nSPS) is 10.8. The molecule has 0 aliphatic heterocycles. The van der Waals surface area contributed by atoms with Crippen molar-refractivity contribution in [3.63, 3.8) is 0 Å². The molecule has 0 atom stereocenters. The van der Waals surface area contributed by atoms with Crippen LogP contribution in [0.1, 0.15) is 29.9 Å². The molecule has 1 amide bonds. The lowest BCUT2D eigenvalue weighted by molar-refractivity contribution is 0.0956. The lowest BCUT2D eigenvalue weighted by Crippen LogP contribution is -2.25. The Bertz CT molecular complexity index is 580. The average molecular weight is 310 g/mol. The zero-order valence-electron chi connectivity index (χ0n) is 11.4. The molecule has 20 heavy (non-hydrogen) atoms. The molecule has 0 spiro atoms. The molecule has 6 heteroatoms. The minimum absolute atomic E-state index is 0.120. The van der Waals surface area contributed by atoms with E-state index in [0.29, 0.717) is 28.1 Å². The minimum Gasteiger partial charge on any atom is -0.351 e. The highest BCUT2D eigenvalue weighted by Crippen LogP contribution is 2.25. The number of nitrogens with zero attached hydrogens (tertiary/aromatic N) is 2. The number of carbonyl (C=O) groups excluding carboxylic acids is 1. The Labute approximate surface area is 127 Å². The van der Waals surface area contributed by atoms with Crippen LogP contribution in [0, 0.1) is 5.92 Å². The molecule has 0 saturated carbocycles. The molecule has 2 aromatic rings. The highest BCUT2D eigenvalue weighted by atomic mass is 35.5. The molecule has 1 aromatic heterocycles. The van der Waals surface area contributed by atoms with Crippen LogP contribution in [-0.4, -0.2) is 22.0 Å². The van der Waals surface area contributed by atoms with Crippen LogP contribution in [0.2, 0.25) is 5.02 Å². The van der Waals surface area contributed by atoms with Crippen molar-refractivity contribution in [2.75, 3.05) is 6.54 Å². The van der Waals surface area contributed by atoms with Crippen molar-refractivity contribution in [2.45, 2.75) is 20.3 Å². The Morgan fingerprint density at radius 3 is 2.70 bits per heavy atom. The molecule has 0 aliphatic rings. The van der Waals surface area contributed by atoms with Gasteiger partial charge in [-0.05, 0) is 36.0 Å². The predicted octanol–water partition coefficient (Wildman–Crippen LogP) is 3.63. The minimum atomic E-state index is -0.120. The molecule has 0 fully saturated rings. The van der Waals surface area contributed by atoms with Crippen LogP contribution in [0.4, 0.5) is 0 Å². The largest absolute Gasteiger partial charge is 0.351 e. The summed E-state index contributed by atoms with van der Waals surface area (Å²) in [5.74, 6) is 0.441. The van der Waals surface area contributed by atoms with Gasteiger partial charge >= 0.3 is 0 Å². The number of nitrogens with one attached hydrogen (secondary N) is 1. The molecule has 1 aromatic carbocycles. The Balaban J connectivity index is 2.12. The third-order valence-electron chi connectivity index (χ3n) is 2.82. The van der Waals surface area contributed by atoms with Gasteiger partial charge in [0.25, 0.3) is 5.91 Å². The fourth-order valence-corrected chi connectivity index (χ4v) is 2.42. The second-order valence-corrected chi connectivity index (χ2v) is 6.09. The summed E-state index contributed by atoms with van der Waals surface area (Å²) in [6, 6.07) is 7.22. The van der Waals surface area contributed by atoms with E-state index in [2.05, 4.69) is 28.8 Å². The maximum atomic E-state index is 12.1. The first-order chi connectivity index (χ1) is 9.58. The maximum absolute atomic E-state index is 12.1. The van der Waals surface area contributed by atoms with Gasteiger partial charge in [-0.2, -0.15) is 0 Å². The number of carbonyl (C=O) groups is 1. The number of rotatable bonds is 5. The number of hydrogen-bond donors (Lipinski definition) is 1. The molecular weight excluding hydrogens is 294 g/mol. The predicted molar refractivity (Wildman–Crippen MR) is 82.1 cm³/mol. The molecule has 106 valence electrons. The zero-order valence-corrected chi connectivity index (χ0v) is 13.0. The molecule has 0 radical (unpaired) electrons. The summed E-state index contributed by atoms with van der Waals surface area (Å²) in [4.78, 5) is 12.7. The Morgan fingerprint density at radius 2 is 2.05 bits per heavy atom. The fourth-order valence-electron chi connectivity index (χ4n) is 1.69. The summed E-state index contributed by atoms with van der Waals surface area (Å²) in [5, 5.41) is 7.60. The Morgan fingerprint density at radius 1 is 1.35 bits per heavy atom. The van der Waals surface area contributed by atoms with Gasteiger partial charge in [-0.25, -0.2) is 0 Å². The van der Waals surface area contributed by atoms with E-state index >= 15 is 0 Å². The van der Waals surface area contributed by atoms with Crippen LogP contribution in [0.3, 0.4) is 0 Å². The van der Waals surface area contributed by atoms with E-state index in [1.165, 1.54) is 0 Å². The first-order valence-corrected chi connectivity index (χ1v) is 7.59. The fraction of sp³-hybridized carbons (Fsp3) is 0.357. The van der Waals surface area contributed by atoms with E-state index in [1.807, 2.05) is 12.1 Å². The van der Waals surface area contributed by atoms with Gasteiger partial charge < -0.3 is 5.32 Å². The van der Waals surface area contributed by atoms with Gasteiger partial charge in [0.05, 0.1) is 0 Å². The maximum Gasteiger partial charge on any atom is 0.265 e. The number of benzene rings is 1. The lowest BCUT2D eigenvalue weighted by atomic mass is 10.1. The van der Waals surface area contributed by atoms with E-state index < -0.39 is 0 Å². The summed E-state index contributed by atoms with van der Waals surface area (Å²) in [7, 11) is 0. The molecule has 0 aliphatic carbocycles. The quantitative estimate of drug-likeness (QED) is 0.917. The van der Waals surface area contributed by atoms with Gasteiger partial charge in [0.2, 0.25) is 0 Å². The topological polar surface area (TPSA) is 54.9 Å².